The Kier molecular flexibility index (Phi) is 3.96. The average molecular weight is 220 g/mol. The second kappa shape index (κ2) is 4.34. The van der Waals surface area contributed by atoms with Crippen LogP contribution < -0.4 is 0 Å². The van der Waals surface area contributed by atoms with Crippen LogP contribution in [0.2, 0.25) is 0 Å². The Bertz CT molecular complexity index is 238. The van der Waals surface area contributed by atoms with Crippen LogP contribution >= 0.6 is 0 Å². The summed E-state index contributed by atoms with van der Waals surface area (Å²) in [7, 11) is 0. The average Bonchev–Trinajstić information content (AvgIpc) is 2.03. The molecule has 0 aromatic rings. The molecule has 0 radical (unpaired) electrons. The standard InChI is InChI=1S/C6H5F5O3/c1-2(7)3(12)14-5(13)6(10,11)4(8)9/h2,4H,1H3. The number of hydrogen-bond acceptors (Lipinski definition) is 3. The SMILES string of the molecule is CC(F)C(=O)OC(=O)C(F)(F)C(F)F. The molecule has 0 amide bonds. The Morgan fingerprint density at radius 2 is 1.64 bits per heavy atom. The molecule has 0 aromatic heterocycles. The number of alkyl halides is 5. The largest absolute Gasteiger partial charge is 0.402 e. The molecule has 0 saturated heterocycles. The number of halogens is 5. The molecule has 14 heavy (non-hydrogen) atoms. The third-order valence-electron chi connectivity index (χ3n) is 1.06. The predicted octanol–water partition coefficient (Wildman–Crippen LogP) is 1.31. The molecule has 0 aliphatic heterocycles. The van der Waals surface area contributed by atoms with Crippen molar-refractivity contribution in [1.29, 1.82) is 0 Å². The maximum absolute atomic E-state index is 12.1. The first-order valence-corrected chi connectivity index (χ1v) is 3.25. The van der Waals surface area contributed by atoms with Gasteiger partial charge in [-0.1, -0.05) is 0 Å². The summed E-state index contributed by atoms with van der Waals surface area (Å²) < 4.78 is 62.2. The zero-order valence-corrected chi connectivity index (χ0v) is 6.77. The Morgan fingerprint density at radius 1 is 1.21 bits per heavy atom. The highest BCUT2D eigenvalue weighted by Gasteiger charge is 2.51. The van der Waals surface area contributed by atoms with E-state index in [0.29, 0.717) is 6.92 Å². The van der Waals surface area contributed by atoms with Crippen molar-refractivity contribution in [3.05, 3.63) is 0 Å². The number of ether oxygens (including phenoxy) is 1. The zero-order chi connectivity index (χ0) is 11.5. The highest BCUT2D eigenvalue weighted by Crippen LogP contribution is 2.24. The molecule has 0 aliphatic rings. The summed E-state index contributed by atoms with van der Waals surface area (Å²) in [6.07, 6.45) is -6.65. The molecule has 0 saturated carbocycles. The number of hydrogen-bond donors (Lipinski definition) is 0. The first-order valence-electron chi connectivity index (χ1n) is 3.25. The minimum Gasteiger partial charge on any atom is -0.386 e. The second-order valence-corrected chi connectivity index (χ2v) is 2.25. The van der Waals surface area contributed by atoms with Gasteiger partial charge >= 0.3 is 24.3 Å². The molecule has 3 nitrogen and oxygen atoms in total. The van der Waals surface area contributed by atoms with Gasteiger partial charge in [-0.2, -0.15) is 8.78 Å². The van der Waals surface area contributed by atoms with Crippen molar-refractivity contribution in [2.45, 2.75) is 25.4 Å². The van der Waals surface area contributed by atoms with Crippen molar-refractivity contribution in [3.8, 4) is 0 Å². The van der Waals surface area contributed by atoms with E-state index in [1.165, 1.54) is 0 Å². The predicted molar refractivity (Wildman–Crippen MR) is 32.6 cm³/mol. The molecule has 0 spiro atoms. The smallest absolute Gasteiger partial charge is 0.386 e. The molecule has 1 atom stereocenters. The third kappa shape index (κ3) is 2.93. The van der Waals surface area contributed by atoms with Gasteiger partial charge in [0, 0.05) is 0 Å². The Hall–Kier alpha value is -1.21. The van der Waals surface area contributed by atoms with Gasteiger partial charge in [0.25, 0.3) is 0 Å². The molecule has 0 aromatic carbocycles. The van der Waals surface area contributed by atoms with Gasteiger partial charge in [-0.25, -0.2) is 22.8 Å². The highest BCUT2D eigenvalue weighted by atomic mass is 19.3. The van der Waals surface area contributed by atoms with E-state index in [4.69, 9.17) is 0 Å². The molecule has 0 bridgehead atoms. The van der Waals surface area contributed by atoms with E-state index >= 15 is 0 Å². The lowest BCUT2D eigenvalue weighted by molar-refractivity contribution is -0.198. The van der Waals surface area contributed by atoms with Gasteiger partial charge in [-0.15, -0.1) is 0 Å². The maximum Gasteiger partial charge on any atom is 0.402 e. The van der Waals surface area contributed by atoms with E-state index in [-0.39, 0.29) is 0 Å². The van der Waals surface area contributed by atoms with Crippen LogP contribution in [0.3, 0.4) is 0 Å². The van der Waals surface area contributed by atoms with Crippen LogP contribution in [0.25, 0.3) is 0 Å². The Balaban J connectivity index is 4.43. The summed E-state index contributed by atoms with van der Waals surface area (Å²) >= 11 is 0. The summed E-state index contributed by atoms with van der Waals surface area (Å²) in [4.78, 5) is 20.4. The van der Waals surface area contributed by atoms with Gasteiger partial charge in [0.1, 0.15) is 0 Å². The number of rotatable bonds is 3. The summed E-state index contributed by atoms with van der Waals surface area (Å²) in [5, 5.41) is 0. The minimum absolute atomic E-state index is 0.607. The van der Waals surface area contributed by atoms with Gasteiger partial charge in [-0.05, 0) is 6.92 Å². The van der Waals surface area contributed by atoms with Crippen LogP contribution in [0.1, 0.15) is 6.92 Å². The molecular formula is C6H5F5O3. The molecular weight excluding hydrogens is 215 g/mol. The van der Waals surface area contributed by atoms with Crippen LogP contribution in [0.15, 0.2) is 0 Å². The summed E-state index contributed by atoms with van der Waals surface area (Å²) in [6, 6.07) is 0. The normalized spacial score (nSPS) is 13.9. The number of carbonyl (C=O) groups is 2. The van der Waals surface area contributed by atoms with Crippen molar-refractivity contribution >= 4 is 11.9 Å². The molecule has 0 heterocycles. The maximum atomic E-state index is 12.1. The van der Waals surface area contributed by atoms with Crippen molar-refractivity contribution in [3.63, 3.8) is 0 Å². The summed E-state index contributed by atoms with van der Waals surface area (Å²) in [5.74, 6) is -9.80. The quantitative estimate of drug-likeness (QED) is 0.409. The lowest BCUT2D eigenvalue weighted by Crippen LogP contribution is -2.40. The van der Waals surface area contributed by atoms with Crippen molar-refractivity contribution < 1.29 is 36.3 Å². The molecule has 82 valence electrons. The molecule has 0 rings (SSSR count). The summed E-state index contributed by atoms with van der Waals surface area (Å²) in [6.45, 7) is 0.607. The fraction of sp³-hybridized carbons (Fsp3) is 0.667. The number of carbonyl (C=O) groups excluding carboxylic acids is 2. The van der Waals surface area contributed by atoms with Crippen LogP contribution in [-0.2, 0) is 14.3 Å². The fourth-order valence-electron chi connectivity index (χ4n) is 0.330. The fourth-order valence-corrected chi connectivity index (χ4v) is 0.330. The van der Waals surface area contributed by atoms with Crippen LogP contribution in [0.4, 0.5) is 22.0 Å². The Morgan fingerprint density at radius 3 is 1.93 bits per heavy atom. The minimum atomic E-state index is -5.11. The third-order valence-corrected chi connectivity index (χ3v) is 1.06. The first kappa shape index (κ1) is 12.8. The van der Waals surface area contributed by atoms with Crippen LogP contribution in [0.5, 0.6) is 0 Å². The van der Waals surface area contributed by atoms with Crippen molar-refractivity contribution in [2.24, 2.45) is 0 Å². The van der Waals surface area contributed by atoms with Gasteiger partial charge in [0.2, 0.25) is 0 Å². The Labute approximate surface area is 74.8 Å². The van der Waals surface area contributed by atoms with Crippen molar-refractivity contribution in [2.75, 3.05) is 0 Å². The van der Waals surface area contributed by atoms with Gasteiger partial charge < -0.3 is 4.74 Å². The zero-order valence-electron chi connectivity index (χ0n) is 6.77. The summed E-state index contributed by atoms with van der Waals surface area (Å²) in [5.41, 5.74) is 0. The molecule has 8 heteroatoms. The van der Waals surface area contributed by atoms with E-state index in [1.54, 1.807) is 0 Å². The molecule has 0 N–H and O–H groups in total. The first-order chi connectivity index (χ1) is 6.19. The van der Waals surface area contributed by atoms with Crippen LogP contribution in [0, 0.1) is 0 Å². The topological polar surface area (TPSA) is 43.4 Å². The van der Waals surface area contributed by atoms with E-state index in [9.17, 15) is 31.5 Å². The van der Waals surface area contributed by atoms with Gasteiger partial charge in [0.15, 0.2) is 6.17 Å². The molecule has 0 fully saturated rings. The lowest BCUT2D eigenvalue weighted by atomic mass is 10.3. The van der Waals surface area contributed by atoms with E-state index in [0.717, 1.165) is 0 Å². The molecule has 0 aliphatic carbocycles. The van der Waals surface area contributed by atoms with E-state index < -0.39 is 30.5 Å². The monoisotopic (exact) mass is 220 g/mol. The number of esters is 2. The van der Waals surface area contributed by atoms with Gasteiger partial charge in [0.05, 0.1) is 0 Å². The van der Waals surface area contributed by atoms with E-state index in [2.05, 4.69) is 4.74 Å². The van der Waals surface area contributed by atoms with Gasteiger partial charge in [-0.3, -0.25) is 0 Å². The van der Waals surface area contributed by atoms with E-state index in [1.807, 2.05) is 0 Å². The molecule has 1 unspecified atom stereocenters. The highest BCUT2D eigenvalue weighted by molar-refractivity contribution is 5.91. The lowest BCUT2D eigenvalue weighted by Gasteiger charge is -2.12. The van der Waals surface area contributed by atoms with Crippen molar-refractivity contribution in [1.82, 2.24) is 0 Å². The van der Waals surface area contributed by atoms with Crippen LogP contribution in [-0.4, -0.2) is 30.5 Å². The second-order valence-electron chi connectivity index (χ2n) is 2.25.